The molecule has 0 rings (SSSR count). The number of amides is 3. The second-order valence-electron chi connectivity index (χ2n) is 12.8. The number of allylic oxidation sites excluding steroid dienone is 2. The third kappa shape index (κ3) is 34.1. The molecule has 0 aromatic heterocycles. The Hall–Kier alpha value is -2.34. The average molecular weight is 712 g/mol. The summed E-state index contributed by atoms with van der Waals surface area (Å²) in [5, 5.41) is 8.65. The number of carbonyl (C=O) groups excluding carboxylic acids is 4. The molecular formula is C39H73N3O8. The highest BCUT2D eigenvalue weighted by Gasteiger charge is 2.23. The summed E-state index contributed by atoms with van der Waals surface area (Å²) in [5.74, 6) is -0.364. The van der Waals surface area contributed by atoms with Crippen molar-refractivity contribution in [2.75, 3.05) is 65.9 Å². The number of rotatable bonds is 38. The Bertz CT molecular complexity index is 855. The Morgan fingerprint density at radius 1 is 0.520 bits per heavy atom. The summed E-state index contributed by atoms with van der Waals surface area (Å²) in [5.41, 5.74) is 0. The van der Waals surface area contributed by atoms with Gasteiger partial charge in [-0.3, -0.25) is 14.4 Å². The molecule has 292 valence electrons. The van der Waals surface area contributed by atoms with Crippen LogP contribution in [0.4, 0.5) is 4.79 Å². The molecule has 0 aromatic carbocycles. The molecule has 50 heavy (non-hydrogen) atoms. The number of hydrogen-bond donors (Lipinski definition) is 3. The molecule has 11 heteroatoms. The number of nitrogens with one attached hydrogen (secondary N) is 3. The van der Waals surface area contributed by atoms with Gasteiger partial charge >= 0.3 is 6.03 Å². The van der Waals surface area contributed by atoms with Gasteiger partial charge in [-0.05, 0) is 70.6 Å². The fourth-order valence-corrected chi connectivity index (χ4v) is 5.03. The van der Waals surface area contributed by atoms with E-state index in [1.165, 1.54) is 0 Å². The number of ketones is 2. The number of hydrogen-bond acceptors (Lipinski definition) is 8. The molecule has 3 N–H and O–H groups in total. The van der Waals surface area contributed by atoms with Gasteiger partial charge in [-0.25, -0.2) is 4.79 Å². The summed E-state index contributed by atoms with van der Waals surface area (Å²) in [6.07, 6.45) is 19.5. The Morgan fingerprint density at radius 2 is 1.04 bits per heavy atom. The molecule has 1 atom stereocenters. The van der Waals surface area contributed by atoms with Crippen LogP contribution in [0.3, 0.4) is 0 Å². The average Bonchev–Trinajstić information content (AvgIpc) is 3.10. The monoisotopic (exact) mass is 712 g/mol. The molecule has 0 saturated carbocycles. The summed E-state index contributed by atoms with van der Waals surface area (Å²) in [6, 6.07) is -0.879. The lowest BCUT2D eigenvalue weighted by atomic mass is 9.99. The molecule has 0 bridgehead atoms. The Labute approximate surface area is 304 Å². The van der Waals surface area contributed by atoms with Crippen LogP contribution in [-0.2, 0) is 33.3 Å². The van der Waals surface area contributed by atoms with Crippen molar-refractivity contribution in [3.8, 4) is 0 Å². The Kier molecular flexibility index (Phi) is 36.1. The molecule has 0 aliphatic heterocycles. The fourth-order valence-electron chi connectivity index (χ4n) is 5.03. The van der Waals surface area contributed by atoms with Crippen molar-refractivity contribution in [3.63, 3.8) is 0 Å². The van der Waals surface area contributed by atoms with Crippen molar-refractivity contribution >= 4 is 23.5 Å². The summed E-state index contributed by atoms with van der Waals surface area (Å²) in [4.78, 5) is 50.2. The third-order valence-corrected chi connectivity index (χ3v) is 7.89. The van der Waals surface area contributed by atoms with Gasteiger partial charge in [0.25, 0.3) is 0 Å². The van der Waals surface area contributed by atoms with E-state index >= 15 is 0 Å². The molecule has 0 radical (unpaired) electrons. The van der Waals surface area contributed by atoms with Gasteiger partial charge in [0.05, 0.1) is 32.5 Å². The number of carbonyl (C=O) groups is 4. The van der Waals surface area contributed by atoms with Crippen LogP contribution in [0.5, 0.6) is 0 Å². The maximum atomic E-state index is 13.0. The zero-order valence-corrected chi connectivity index (χ0v) is 32.0. The van der Waals surface area contributed by atoms with E-state index in [1.807, 2.05) is 0 Å². The molecule has 0 spiro atoms. The van der Waals surface area contributed by atoms with Crippen molar-refractivity contribution < 1.29 is 38.1 Å². The van der Waals surface area contributed by atoms with Crippen LogP contribution in [0, 0.1) is 0 Å². The minimum atomic E-state index is -0.806. The van der Waals surface area contributed by atoms with E-state index in [9.17, 15) is 19.2 Å². The van der Waals surface area contributed by atoms with Crippen LogP contribution in [0.1, 0.15) is 143 Å². The predicted octanol–water partition coefficient (Wildman–Crippen LogP) is 7.00. The SMILES string of the molecule is CCCCCNC(=O)NCCCC/C=C\CCCCCCC(=O)NC(CC(=O)CCCOCCOCCC)C(=O)CCCOCCOCCC. The number of Topliss-reactive ketones (excluding diaryl/α,β-unsaturated/α-hetero) is 2. The van der Waals surface area contributed by atoms with E-state index in [1.54, 1.807) is 0 Å². The topological polar surface area (TPSA) is 141 Å². The van der Waals surface area contributed by atoms with Crippen molar-refractivity contribution in [1.82, 2.24) is 16.0 Å². The molecule has 3 amide bonds. The van der Waals surface area contributed by atoms with Gasteiger partial charge < -0.3 is 34.9 Å². The fraction of sp³-hybridized carbons (Fsp3) is 0.846. The summed E-state index contributed by atoms with van der Waals surface area (Å²) < 4.78 is 21.9. The summed E-state index contributed by atoms with van der Waals surface area (Å²) in [7, 11) is 0. The molecule has 0 heterocycles. The maximum absolute atomic E-state index is 13.0. The largest absolute Gasteiger partial charge is 0.379 e. The van der Waals surface area contributed by atoms with E-state index in [0.717, 1.165) is 90.0 Å². The van der Waals surface area contributed by atoms with Crippen LogP contribution in [0.25, 0.3) is 0 Å². The van der Waals surface area contributed by atoms with E-state index in [-0.39, 0.29) is 36.3 Å². The third-order valence-electron chi connectivity index (χ3n) is 7.89. The van der Waals surface area contributed by atoms with Gasteiger partial charge in [0.1, 0.15) is 5.78 Å². The molecule has 11 nitrogen and oxygen atoms in total. The van der Waals surface area contributed by atoms with E-state index in [4.69, 9.17) is 18.9 Å². The zero-order valence-electron chi connectivity index (χ0n) is 32.0. The van der Waals surface area contributed by atoms with Crippen molar-refractivity contribution in [3.05, 3.63) is 12.2 Å². The lowest BCUT2D eigenvalue weighted by Gasteiger charge is -2.17. The second kappa shape index (κ2) is 37.9. The molecule has 0 fully saturated rings. The smallest absolute Gasteiger partial charge is 0.314 e. The van der Waals surface area contributed by atoms with Crippen LogP contribution >= 0.6 is 0 Å². The van der Waals surface area contributed by atoms with Crippen LogP contribution < -0.4 is 16.0 Å². The predicted molar refractivity (Wildman–Crippen MR) is 201 cm³/mol. The van der Waals surface area contributed by atoms with E-state index < -0.39 is 6.04 Å². The first-order valence-corrected chi connectivity index (χ1v) is 19.8. The van der Waals surface area contributed by atoms with Crippen LogP contribution in [0.15, 0.2) is 12.2 Å². The van der Waals surface area contributed by atoms with Gasteiger partial charge in [-0.2, -0.15) is 0 Å². The van der Waals surface area contributed by atoms with E-state index in [0.29, 0.717) is 85.1 Å². The number of urea groups is 1. The van der Waals surface area contributed by atoms with Gasteiger partial charge in [0.15, 0.2) is 5.78 Å². The van der Waals surface area contributed by atoms with Gasteiger partial charge in [0, 0.05) is 65.2 Å². The van der Waals surface area contributed by atoms with Crippen molar-refractivity contribution in [2.24, 2.45) is 0 Å². The Balaban J connectivity index is 4.27. The quantitative estimate of drug-likeness (QED) is 0.0459. The highest BCUT2D eigenvalue weighted by atomic mass is 16.5. The molecule has 0 aliphatic carbocycles. The normalized spacial score (nSPS) is 11.9. The highest BCUT2D eigenvalue weighted by Crippen LogP contribution is 2.10. The zero-order chi connectivity index (χ0) is 36.8. The summed E-state index contributed by atoms with van der Waals surface area (Å²) >= 11 is 0. The van der Waals surface area contributed by atoms with Gasteiger partial charge in [-0.1, -0.05) is 58.6 Å². The minimum absolute atomic E-state index is 0.00715. The first kappa shape index (κ1) is 47.7. The van der Waals surface area contributed by atoms with Crippen molar-refractivity contribution in [2.45, 2.75) is 149 Å². The maximum Gasteiger partial charge on any atom is 0.314 e. The number of ether oxygens (including phenoxy) is 4. The standard InChI is InChI=1S/C39H73N3O8/c1-4-7-17-24-40-39(46)41-25-18-15-13-11-9-8-10-12-14-16-23-38(45)42-36(37(44)22-20-29-50-33-31-48-27-6-3)34-35(43)21-19-28-49-32-30-47-26-5-2/h9,11,36H,4-8,10,12-34H2,1-3H3,(H,42,45)(H2,40,41,46)/b11-9-. The first-order chi connectivity index (χ1) is 24.4. The Morgan fingerprint density at radius 3 is 1.62 bits per heavy atom. The molecule has 1 unspecified atom stereocenters. The molecular weight excluding hydrogens is 638 g/mol. The molecule has 0 aromatic rings. The van der Waals surface area contributed by atoms with Gasteiger partial charge in [0.2, 0.25) is 5.91 Å². The molecule has 0 saturated heterocycles. The van der Waals surface area contributed by atoms with E-state index in [2.05, 4.69) is 48.9 Å². The van der Waals surface area contributed by atoms with Crippen LogP contribution in [-0.4, -0.2) is 95.5 Å². The molecule has 0 aliphatic rings. The van der Waals surface area contributed by atoms with Crippen LogP contribution in [0.2, 0.25) is 0 Å². The van der Waals surface area contributed by atoms with Gasteiger partial charge in [-0.15, -0.1) is 0 Å². The lowest BCUT2D eigenvalue weighted by molar-refractivity contribution is -0.130. The lowest BCUT2D eigenvalue weighted by Crippen LogP contribution is -2.42. The minimum Gasteiger partial charge on any atom is -0.379 e. The number of unbranched alkanes of at least 4 members (excludes halogenated alkanes) is 8. The first-order valence-electron chi connectivity index (χ1n) is 19.8. The highest BCUT2D eigenvalue weighted by molar-refractivity contribution is 5.93. The second-order valence-corrected chi connectivity index (χ2v) is 12.8. The van der Waals surface area contributed by atoms with Crippen molar-refractivity contribution in [1.29, 1.82) is 0 Å². The summed E-state index contributed by atoms with van der Waals surface area (Å²) in [6.45, 7) is 12.0.